The van der Waals surface area contributed by atoms with Gasteiger partial charge in [0.2, 0.25) is 0 Å². The molecule has 3 amide bonds. The van der Waals surface area contributed by atoms with Crippen molar-refractivity contribution in [1.82, 2.24) is 10.2 Å². The Morgan fingerprint density at radius 3 is 2.83 bits per heavy atom. The Balaban J connectivity index is 1.56. The Labute approximate surface area is 145 Å². The van der Waals surface area contributed by atoms with Crippen molar-refractivity contribution in [2.24, 2.45) is 17.6 Å². The number of carbonyl (C=O) groups is 2. The molecule has 0 bridgehead atoms. The number of fused-ring (bicyclic) bond motifs is 1. The predicted molar refractivity (Wildman–Crippen MR) is 92.3 cm³/mol. The molecule has 128 valence electrons. The van der Waals surface area contributed by atoms with Gasteiger partial charge in [0.15, 0.2) is 0 Å². The maximum absolute atomic E-state index is 12.9. The third-order valence-electron chi connectivity index (χ3n) is 5.54. The van der Waals surface area contributed by atoms with E-state index in [1.807, 2.05) is 4.90 Å². The number of hydrogen-bond donors (Lipinski definition) is 2. The van der Waals surface area contributed by atoms with Crippen LogP contribution in [0.25, 0.3) is 0 Å². The van der Waals surface area contributed by atoms with Crippen molar-refractivity contribution >= 4 is 29.2 Å². The summed E-state index contributed by atoms with van der Waals surface area (Å²) in [6.07, 6.45) is 2.17. The van der Waals surface area contributed by atoms with Crippen LogP contribution in [0.1, 0.15) is 23.2 Å². The minimum atomic E-state index is -0.178. The molecule has 0 radical (unpaired) electrons. The predicted octanol–water partition coefficient (Wildman–Crippen LogP) is 1.68. The van der Waals surface area contributed by atoms with Crippen molar-refractivity contribution in [3.8, 4) is 0 Å². The summed E-state index contributed by atoms with van der Waals surface area (Å²) in [5.74, 6) is 0.944. The highest BCUT2D eigenvalue weighted by molar-refractivity contribution is 6.34. The molecule has 3 atom stereocenters. The summed E-state index contributed by atoms with van der Waals surface area (Å²) in [7, 11) is 0. The van der Waals surface area contributed by atoms with Crippen LogP contribution in [0.5, 0.6) is 0 Å². The van der Waals surface area contributed by atoms with Gasteiger partial charge < -0.3 is 16.0 Å². The third-order valence-corrected chi connectivity index (χ3v) is 5.86. The SMILES string of the molecule is NC1CCC2CN(C(=O)c3ccc(Cl)c(N4CCNC4=O)c3)CC12. The third kappa shape index (κ3) is 2.54. The number of nitrogens with one attached hydrogen (secondary N) is 1. The zero-order valence-electron chi connectivity index (χ0n) is 13.4. The highest BCUT2D eigenvalue weighted by atomic mass is 35.5. The fraction of sp³-hybridized carbons (Fsp3) is 0.529. The number of halogens is 1. The van der Waals surface area contributed by atoms with E-state index in [2.05, 4.69) is 5.32 Å². The Morgan fingerprint density at radius 1 is 1.29 bits per heavy atom. The van der Waals surface area contributed by atoms with E-state index in [1.165, 1.54) is 0 Å². The largest absolute Gasteiger partial charge is 0.338 e. The van der Waals surface area contributed by atoms with Gasteiger partial charge in [0, 0.05) is 37.8 Å². The average molecular weight is 349 g/mol. The number of urea groups is 1. The maximum atomic E-state index is 12.9. The molecule has 0 aromatic heterocycles. The normalized spacial score (nSPS) is 29.1. The minimum Gasteiger partial charge on any atom is -0.338 e. The Bertz CT molecular complexity index is 695. The van der Waals surface area contributed by atoms with Gasteiger partial charge >= 0.3 is 6.03 Å². The molecule has 1 aromatic rings. The van der Waals surface area contributed by atoms with Gasteiger partial charge in [-0.3, -0.25) is 9.69 Å². The molecule has 7 heteroatoms. The van der Waals surface area contributed by atoms with E-state index in [9.17, 15) is 9.59 Å². The second-order valence-electron chi connectivity index (χ2n) is 6.93. The topological polar surface area (TPSA) is 78.7 Å². The van der Waals surface area contributed by atoms with Crippen LogP contribution in [0.3, 0.4) is 0 Å². The Morgan fingerprint density at radius 2 is 2.12 bits per heavy atom. The van der Waals surface area contributed by atoms with Gasteiger partial charge in [-0.1, -0.05) is 11.6 Å². The first-order chi connectivity index (χ1) is 11.5. The fourth-order valence-corrected chi connectivity index (χ4v) is 4.43. The molecule has 3 aliphatic rings. The van der Waals surface area contributed by atoms with Gasteiger partial charge in [0.1, 0.15) is 0 Å². The molecule has 6 nitrogen and oxygen atoms in total. The van der Waals surface area contributed by atoms with Crippen molar-refractivity contribution in [2.75, 3.05) is 31.1 Å². The summed E-state index contributed by atoms with van der Waals surface area (Å²) in [5, 5.41) is 3.23. The van der Waals surface area contributed by atoms with Crippen molar-refractivity contribution < 1.29 is 9.59 Å². The molecule has 3 unspecified atom stereocenters. The van der Waals surface area contributed by atoms with Crippen molar-refractivity contribution in [2.45, 2.75) is 18.9 Å². The zero-order valence-corrected chi connectivity index (χ0v) is 14.1. The van der Waals surface area contributed by atoms with E-state index in [1.54, 1.807) is 23.1 Å². The molecular formula is C17H21ClN4O2. The summed E-state index contributed by atoms with van der Waals surface area (Å²) in [4.78, 5) is 28.2. The number of amides is 3. The molecule has 0 spiro atoms. The number of benzene rings is 1. The molecular weight excluding hydrogens is 328 g/mol. The molecule has 4 rings (SSSR count). The second kappa shape index (κ2) is 5.93. The van der Waals surface area contributed by atoms with Crippen LogP contribution in [0.15, 0.2) is 18.2 Å². The second-order valence-corrected chi connectivity index (χ2v) is 7.33. The molecule has 1 saturated carbocycles. The van der Waals surface area contributed by atoms with E-state index < -0.39 is 0 Å². The summed E-state index contributed by atoms with van der Waals surface area (Å²) in [6, 6.07) is 5.18. The van der Waals surface area contributed by atoms with Gasteiger partial charge in [0.05, 0.1) is 10.7 Å². The molecule has 1 aromatic carbocycles. The molecule has 1 aliphatic carbocycles. The van der Waals surface area contributed by atoms with Gasteiger partial charge in [-0.05, 0) is 42.9 Å². The van der Waals surface area contributed by atoms with Gasteiger partial charge in [0.25, 0.3) is 5.91 Å². The molecule has 2 heterocycles. The summed E-state index contributed by atoms with van der Waals surface area (Å²) >= 11 is 6.24. The lowest BCUT2D eigenvalue weighted by Gasteiger charge is -2.21. The molecule has 24 heavy (non-hydrogen) atoms. The first kappa shape index (κ1) is 15.7. The van der Waals surface area contributed by atoms with Gasteiger partial charge in [-0.25, -0.2) is 4.79 Å². The lowest BCUT2D eigenvalue weighted by molar-refractivity contribution is 0.0779. The number of hydrogen-bond acceptors (Lipinski definition) is 3. The number of nitrogens with zero attached hydrogens (tertiary/aromatic N) is 2. The number of likely N-dealkylation sites (tertiary alicyclic amines) is 1. The van der Waals surface area contributed by atoms with E-state index in [4.69, 9.17) is 17.3 Å². The van der Waals surface area contributed by atoms with Crippen molar-refractivity contribution in [3.63, 3.8) is 0 Å². The number of nitrogens with two attached hydrogens (primary N) is 1. The van der Waals surface area contributed by atoms with E-state index >= 15 is 0 Å². The Hall–Kier alpha value is -1.79. The van der Waals surface area contributed by atoms with Gasteiger partial charge in [-0.2, -0.15) is 0 Å². The van der Waals surface area contributed by atoms with Crippen LogP contribution < -0.4 is 16.0 Å². The number of rotatable bonds is 2. The molecule has 2 aliphatic heterocycles. The van der Waals surface area contributed by atoms with E-state index in [0.29, 0.717) is 41.2 Å². The zero-order chi connectivity index (χ0) is 16.8. The summed E-state index contributed by atoms with van der Waals surface area (Å²) in [5.41, 5.74) is 7.32. The smallest absolute Gasteiger partial charge is 0.322 e. The van der Waals surface area contributed by atoms with Crippen LogP contribution >= 0.6 is 11.6 Å². The summed E-state index contributed by atoms with van der Waals surface area (Å²) in [6.45, 7) is 2.64. The fourth-order valence-electron chi connectivity index (χ4n) is 4.21. The lowest BCUT2D eigenvalue weighted by atomic mass is 9.98. The lowest BCUT2D eigenvalue weighted by Crippen LogP contribution is -2.33. The van der Waals surface area contributed by atoms with E-state index in [-0.39, 0.29) is 18.0 Å². The first-order valence-corrected chi connectivity index (χ1v) is 8.82. The average Bonchev–Trinajstić information content (AvgIpc) is 3.25. The molecule has 3 fully saturated rings. The monoisotopic (exact) mass is 348 g/mol. The molecule has 3 N–H and O–H groups in total. The highest BCUT2D eigenvalue weighted by Gasteiger charge is 2.42. The quantitative estimate of drug-likeness (QED) is 0.853. The van der Waals surface area contributed by atoms with Crippen LogP contribution in [-0.2, 0) is 0 Å². The maximum Gasteiger partial charge on any atom is 0.322 e. The number of anilines is 1. The Kier molecular flexibility index (Phi) is 3.89. The van der Waals surface area contributed by atoms with Crippen LogP contribution in [0.2, 0.25) is 5.02 Å². The number of carbonyl (C=O) groups excluding carboxylic acids is 2. The summed E-state index contributed by atoms with van der Waals surface area (Å²) < 4.78 is 0. The van der Waals surface area contributed by atoms with Crippen LogP contribution in [0.4, 0.5) is 10.5 Å². The van der Waals surface area contributed by atoms with Gasteiger partial charge in [-0.15, -0.1) is 0 Å². The molecule has 2 saturated heterocycles. The van der Waals surface area contributed by atoms with Crippen LogP contribution in [-0.4, -0.2) is 49.1 Å². The van der Waals surface area contributed by atoms with Crippen LogP contribution in [0, 0.1) is 11.8 Å². The first-order valence-electron chi connectivity index (χ1n) is 8.44. The highest BCUT2D eigenvalue weighted by Crippen LogP contribution is 2.38. The standard InChI is InChI=1S/C17H21ClN4O2/c18-13-3-1-10(7-15(13)22-6-5-20-17(22)24)16(23)21-8-11-2-4-14(19)12(11)9-21/h1,3,7,11-12,14H,2,4-6,8-9,19H2,(H,20,24). The minimum absolute atomic E-state index is 0.00544. The van der Waals surface area contributed by atoms with Crippen molar-refractivity contribution in [3.05, 3.63) is 28.8 Å². The van der Waals surface area contributed by atoms with E-state index in [0.717, 1.165) is 25.9 Å². The van der Waals surface area contributed by atoms with Crippen molar-refractivity contribution in [1.29, 1.82) is 0 Å².